The summed E-state index contributed by atoms with van der Waals surface area (Å²) < 4.78 is 1.80. The van der Waals surface area contributed by atoms with Crippen molar-refractivity contribution in [2.75, 3.05) is 25.0 Å². The number of hydrogen-bond donors (Lipinski definition) is 1. The monoisotopic (exact) mass is 326 g/mol. The van der Waals surface area contributed by atoms with Crippen molar-refractivity contribution in [2.45, 2.75) is 33.1 Å². The first-order valence-electron chi connectivity index (χ1n) is 8.53. The van der Waals surface area contributed by atoms with Crippen LogP contribution in [0.3, 0.4) is 0 Å². The molecule has 1 fully saturated rings. The SMILES string of the molecule is Cc1ccccc1[C@@H]1CCN(CC(=O)Nc2c(C)nn(C)c2C)C1. The third-order valence-corrected chi connectivity index (χ3v) is 5.04. The first-order chi connectivity index (χ1) is 11.5. The average molecular weight is 326 g/mol. The molecule has 24 heavy (non-hydrogen) atoms. The number of anilines is 1. The number of carbonyl (C=O) groups is 1. The van der Waals surface area contributed by atoms with E-state index in [-0.39, 0.29) is 5.91 Å². The number of amides is 1. The highest BCUT2D eigenvalue weighted by atomic mass is 16.2. The lowest BCUT2D eigenvalue weighted by Gasteiger charge is -2.17. The minimum absolute atomic E-state index is 0.0413. The number of hydrogen-bond acceptors (Lipinski definition) is 3. The lowest BCUT2D eigenvalue weighted by molar-refractivity contribution is -0.117. The van der Waals surface area contributed by atoms with E-state index < -0.39 is 0 Å². The maximum atomic E-state index is 12.4. The summed E-state index contributed by atoms with van der Waals surface area (Å²) in [5.41, 5.74) is 5.45. The molecule has 1 aliphatic heterocycles. The second-order valence-corrected chi connectivity index (χ2v) is 6.79. The summed E-state index contributed by atoms with van der Waals surface area (Å²) in [4.78, 5) is 14.6. The fourth-order valence-electron chi connectivity index (χ4n) is 3.61. The molecule has 1 amide bonds. The summed E-state index contributed by atoms with van der Waals surface area (Å²) in [6, 6.07) is 8.56. The van der Waals surface area contributed by atoms with Gasteiger partial charge in [-0.25, -0.2) is 0 Å². The third kappa shape index (κ3) is 3.36. The summed E-state index contributed by atoms with van der Waals surface area (Å²) in [5, 5.41) is 7.37. The van der Waals surface area contributed by atoms with E-state index >= 15 is 0 Å². The molecule has 5 nitrogen and oxygen atoms in total. The Balaban J connectivity index is 1.59. The van der Waals surface area contributed by atoms with Crippen LogP contribution in [0.1, 0.15) is 34.9 Å². The van der Waals surface area contributed by atoms with Crippen molar-refractivity contribution in [3.63, 3.8) is 0 Å². The first-order valence-corrected chi connectivity index (χ1v) is 8.53. The molecule has 0 unspecified atom stereocenters. The zero-order chi connectivity index (χ0) is 17.3. The van der Waals surface area contributed by atoms with Gasteiger partial charge in [0, 0.05) is 13.6 Å². The number of rotatable bonds is 4. The van der Waals surface area contributed by atoms with Crippen molar-refractivity contribution in [1.82, 2.24) is 14.7 Å². The van der Waals surface area contributed by atoms with E-state index in [2.05, 4.69) is 46.5 Å². The molecule has 1 N–H and O–H groups in total. The van der Waals surface area contributed by atoms with Crippen LogP contribution in [-0.2, 0) is 11.8 Å². The zero-order valence-electron chi connectivity index (χ0n) is 15.0. The molecule has 2 aromatic rings. The van der Waals surface area contributed by atoms with Gasteiger partial charge in [0.2, 0.25) is 5.91 Å². The molecule has 2 heterocycles. The van der Waals surface area contributed by atoms with Crippen LogP contribution >= 0.6 is 0 Å². The number of nitrogens with zero attached hydrogens (tertiary/aromatic N) is 3. The maximum Gasteiger partial charge on any atom is 0.238 e. The van der Waals surface area contributed by atoms with Gasteiger partial charge in [-0.3, -0.25) is 14.4 Å². The molecule has 3 rings (SSSR count). The molecular formula is C19H26N4O. The van der Waals surface area contributed by atoms with Gasteiger partial charge >= 0.3 is 0 Å². The molecule has 0 radical (unpaired) electrons. The van der Waals surface area contributed by atoms with Crippen molar-refractivity contribution >= 4 is 11.6 Å². The Kier molecular flexibility index (Phi) is 4.71. The highest BCUT2D eigenvalue weighted by Gasteiger charge is 2.26. The molecule has 1 saturated heterocycles. The summed E-state index contributed by atoms with van der Waals surface area (Å²) in [6.45, 7) is 8.42. The lowest BCUT2D eigenvalue weighted by Crippen LogP contribution is -2.31. The van der Waals surface area contributed by atoms with Crippen LogP contribution in [0.25, 0.3) is 0 Å². The first kappa shape index (κ1) is 16.7. The van der Waals surface area contributed by atoms with E-state index in [0.717, 1.165) is 36.6 Å². The molecule has 1 aliphatic rings. The Morgan fingerprint density at radius 3 is 2.71 bits per heavy atom. The second-order valence-electron chi connectivity index (χ2n) is 6.79. The van der Waals surface area contributed by atoms with Gasteiger partial charge in [0.15, 0.2) is 0 Å². The van der Waals surface area contributed by atoms with E-state index in [4.69, 9.17) is 0 Å². The molecule has 0 saturated carbocycles. The van der Waals surface area contributed by atoms with Crippen LogP contribution in [0.2, 0.25) is 0 Å². The van der Waals surface area contributed by atoms with Crippen LogP contribution in [0.5, 0.6) is 0 Å². The summed E-state index contributed by atoms with van der Waals surface area (Å²) in [5.74, 6) is 0.570. The molecule has 5 heteroatoms. The number of nitrogens with one attached hydrogen (secondary N) is 1. The molecule has 0 bridgehead atoms. The fourth-order valence-corrected chi connectivity index (χ4v) is 3.61. The normalized spacial score (nSPS) is 18.1. The molecule has 1 aromatic heterocycles. The van der Waals surface area contributed by atoms with Gasteiger partial charge in [0.05, 0.1) is 23.6 Å². The van der Waals surface area contributed by atoms with Crippen LogP contribution in [-0.4, -0.2) is 40.2 Å². The second kappa shape index (κ2) is 6.77. The molecule has 1 atom stereocenters. The van der Waals surface area contributed by atoms with Gasteiger partial charge in [-0.2, -0.15) is 5.10 Å². The summed E-state index contributed by atoms with van der Waals surface area (Å²) in [6.07, 6.45) is 1.11. The summed E-state index contributed by atoms with van der Waals surface area (Å²) >= 11 is 0. The fraction of sp³-hybridized carbons (Fsp3) is 0.474. The predicted octanol–water partition coefficient (Wildman–Crippen LogP) is 2.77. The van der Waals surface area contributed by atoms with E-state index in [9.17, 15) is 4.79 Å². The maximum absolute atomic E-state index is 12.4. The Morgan fingerprint density at radius 2 is 2.04 bits per heavy atom. The Bertz CT molecular complexity index is 750. The number of carbonyl (C=O) groups excluding carboxylic acids is 1. The average Bonchev–Trinajstić information content (AvgIpc) is 3.08. The number of aryl methyl sites for hydroxylation is 3. The third-order valence-electron chi connectivity index (χ3n) is 5.04. The van der Waals surface area contributed by atoms with E-state index in [1.165, 1.54) is 11.1 Å². The molecule has 1 aromatic carbocycles. The number of aromatic nitrogens is 2. The molecule has 0 aliphatic carbocycles. The van der Waals surface area contributed by atoms with Crippen molar-refractivity contribution in [1.29, 1.82) is 0 Å². The Morgan fingerprint density at radius 1 is 1.29 bits per heavy atom. The van der Waals surface area contributed by atoms with E-state index in [1.54, 1.807) is 4.68 Å². The van der Waals surface area contributed by atoms with Crippen LogP contribution in [0.4, 0.5) is 5.69 Å². The van der Waals surface area contributed by atoms with E-state index in [0.29, 0.717) is 12.5 Å². The van der Waals surface area contributed by atoms with Gasteiger partial charge in [0.25, 0.3) is 0 Å². The topological polar surface area (TPSA) is 50.2 Å². The van der Waals surface area contributed by atoms with Crippen molar-refractivity contribution in [3.05, 3.63) is 46.8 Å². The lowest BCUT2D eigenvalue weighted by atomic mass is 9.94. The molecule has 0 spiro atoms. The van der Waals surface area contributed by atoms with Crippen molar-refractivity contribution in [3.8, 4) is 0 Å². The predicted molar refractivity (Wildman–Crippen MR) is 96.3 cm³/mol. The Labute approximate surface area is 143 Å². The largest absolute Gasteiger partial charge is 0.322 e. The highest BCUT2D eigenvalue weighted by molar-refractivity contribution is 5.93. The highest BCUT2D eigenvalue weighted by Crippen LogP contribution is 2.29. The van der Waals surface area contributed by atoms with Crippen LogP contribution in [0, 0.1) is 20.8 Å². The zero-order valence-corrected chi connectivity index (χ0v) is 15.0. The van der Waals surface area contributed by atoms with Gasteiger partial charge in [-0.1, -0.05) is 24.3 Å². The van der Waals surface area contributed by atoms with E-state index in [1.807, 2.05) is 20.9 Å². The van der Waals surface area contributed by atoms with Crippen molar-refractivity contribution < 1.29 is 4.79 Å². The van der Waals surface area contributed by atoms with Crippen LogP contribution in [0.15, 0.2) is 24.3 Å². The number of likely N-dealkylation sites (tertiary alicyclic amines) is 1. The Hall–Kier alpha value is -2.14. The summed E-state index contributed by atoms with van der Waals surface area (Å²) in [7, 11) is 1.89. The molecule has 128 valence electrons. The van der Waals surface area contributed by atoms with Gasteiger partial charge in [0.1, 0.15) is 0 Å². The quantitative estimate of drug-likeness (QED) is 0.940. The standard InChI is InChI=1S/C19H26N4O/c1-13-7-5-6-8-17(13)16-9-10-23(11-16)12-18(24)20-19-14(2)21-22(4)15(19)3/h5-8,16H,9-12H2,1-4H3,(H,20,24)/t16-/m1/s1. The minimum Gasteiger partial charge on any atom is -0.322 e. The van der Waals surface area contributed by atoms with Gasteiger partial charge in [-0.05, 0) is 50.8 Å². The van der Waals surface area contributed by atoms with Gasteiger partial charge in [-0.15, -0.1) is 0 Å². The molecular weight excluding hydrogens is 300 g/mol. The smallest absolute Gasteiger partial charge is 0.238 e. The van der Waals surface area contributed by atoms with Gasteiger partial charge < -0.3 is 5.32 Å². The van der Waals surface area contributed by atoms with Crippen LogP contribution < -0.4 is 5.32 Å². The minimum atomic E-state index is 0.0413. The number of benzene rings is 1. The van der Waals surface area contributed by atoms with Crippen molar-refractivity contribution in [2.24, 2.45) is 7.05 Å².